The lowest BCUT2D eigenvalue weighted by atomic mass is 9.33. The highest BCUT2D eigenvalue weighted by Crippen LogP contribution is 2.75. The summed E-state index contributed by atoms with van der Waals surface area (Å²) in [5, 5.41) is 9.56. The second-order valence-electron chi connectivity index (χ2n) is 17.9. The summed E-state index contributed by atoms with van der Waals surface area (Å²) in [5.41, 5.74) is 4.70. The molecule has 0 aliphatic heterocycles. The van der Waals surface area contributed by atoms with Crippen molar-refractivity contribution in [3.8, 4) is 5.75 Å². The topological polar surface area (TPSA) is 46.5 Å². The minimum absolute atomic E-state index is 0.0163. The molecule has 0 spiro atoms. The molecule has 232 valence electrons. The van der Waals surface area contributed by atoms with Gasteiger partial charge in [0.15, 0.2) is 0 Å². The summed E-state index contributed by atoms with van der Waals surface area (Å²) in [6, 6.07) is 7.16. The predicted octanol–water partition coefficient (Wildman–Crippen LogP) is 10.1. The minimum atomic E-state index is -0.0798. The van der Waals surface area contributed by atoms with Crippen LogP contribution in [0.25, 0.3) is 0 Å². The summed E-state index contributed by atoms with van der Waals surface area (Å²) in [4.78, 5) is 13.1. The van der Waals surface area contributed by atoms with E-state index in [2.05, 4.69) is 61.5 Å². The Labute approximate surface area is 256 Å². The van der Waals surface area contributed by atoms with E-state index in [0.29, 0.717) is 46.3 Å². The van der Waals surface area contributed by atoms with Crippen LogP contribution in [0.15, 0.2) is 35.9 Å². The van der Waals surface area contributed by atoms with E-state index >= 15 is 0 Å². The van der Waals surface area contributed by atoms with Gasteiger partial charge in [0.2, 0.25) is 0 Å². The average Bonchev–Trinajstić information content (AvgIpc) is 2.91. The van der Waals surface area contributed by atoms with Crippen molar-refractivity contribution in [2.45, 2.75) is 139 Å². The Hall–Kier alpha value is -1.77. The molecule has 0 saturated heterocycles. The van der Waals surface area contributed by atoms with Crippen LogP contribution in [0.5, 0.6) is 5.75 Å². The van der Waals surface area contributed by atoms with Gasteiger partial charge in [0.05, 0.1) is 0 Å². The lowest BCUT2D eigenvalue weighted by molar-refractivity contribution is -0.212. The van der Waals surface area contributed by atoms with Gasteiger partial charge in [0, 0.05) is 11.8 Å². The number of ether oxygens (including phenoxy) is 1. The lowest BCUT2D eigenvalue weighted by Gasteiger charge is -2.71. The second-order valence-corrected chi connectivity index (χ2v) is 17.9. The molecule has 6 rings (SSSR count). The molecule has 0 radical (unpaired) electrons. The zero-order valence-corrected chi connectivity index (χ0v) is 27.9. The van der Waals surface area contributed by atoms with Gasteiger partial charge in [-0.3, -0.25) is 4.79 Å². The number of phenolic OH excluding ortho intramolecular Hbond substituents is 1. The van der Waals surface area contributed by atoms with Gasteiger partial charge in [-0.15, -0.1) is 0 Å². The van der Waals surface area contributed by atoms with Gasteiger partial charge in [-0.1, -0.05) is 79.2 Å². The van der Waals surface area contributed by atoms with Crippen molar-refractivity contribution in [2.75, 3.05) is 0 Å². The quantitative estimate of drug-likeness (QED) is 0.287. The van der Waals surface area contributed by atoms with Gasteiger partial charge in [-0.2, -0.15) is 0 Å². The molecule has 0 aromatic heterocycles. The third-order valence-corrected chi connectivity index (χ3v) is 14.8. The Morgan fingerprint density at radius 3 is 2.26 bits per heavy atom. The number of phenols is 1. The number of hydrogen-bond acceptors (Lipinski definition) is 3. The van der Waals surface area contributed by atoms with Gasteiger partial charge in [-0.05, 0) is 133 Å². The van der Waals surface area contributed by atoms with Crippen molar-refractivity contribution in [1.82, 2.24) is 0 Å². The molecule has 5 aliphatic rings. The molecule has 1 aromatic rings. The normalized spacial score (nSPS) is 43.6. The van der Waals surface area contributed by atoms with Gasteiger partial charge in [0.1, 0.15) is 11.9 Å². The van der Waals surface area contributed by atoms with Crippen LogP contribution >= 0.6 is 0 Å². The summed E-state index contributed by atoms with van der Waals surface area (Å²) in [6.07, 6.45) is 16.6. The first-order chi connectivity index (χ1) is 19.5. The number of allylic oxidation sites excluding steroid dienone is 2. The Morgan fingerprint density at radius 2 is 1.55 bits per heavy atom. The Kier molecular flexibility index (Phi) is 7.11. The largest absolute Gasteiger partial charge is 0.508 e. The highest BCUT2D eigenvalue weighted by atomic mass is 16.5. The monoisotopic (exact) mass is 574 g/mol. The summed E-state index contributed by atoms with van der Waals surface area (Å²) in [7, 11) is 0. The highest BCUT2D eigenvalue weighted by Gasteiger charge is 2.68. The Balaban J connectivity index is 1.21. The molecule has 0 bridgehead atoms. The molecule has 1 N–H and O–H groups in total. The number of esters is 1. The van der Waals surface area contributed by atoms with Crippen LogP contribution in [0.4, 0.5) is 0 Å². The van der Waals surface area contributed by atoms with Crippen molar-refractivity contribution < 1.29 is 14.6 Å². The number of hydrogen-bond donors (Lipinski definition) is 1. The molecule has 3 nitrogen and oxygen atoms in total. The van der Waals surface area contributed by atoms with E-state index in [0.717, 1.165) is 24.3 Å². The molecule has 42 heavy (non-hydrogen) atoms. The number of carbonyl (C=O) groups excluding carboxylic acids is 1. The molecule has 0 unspecified atom stereocenters. The molecule has 8 atom stereocenters. The van der Waals surface area contributed by atoms with Crippen LogP contribution in [0.2, 0.25) is 0 Å². The van der Waals surface area contributed by atoms with Crippen LogP contribution in [0, 0.1) is 50.2 Å². The van der Waals surface area contributed by atoms with Crippen LogP contribution in [-0.2, 0) is 16.0 Å². The average molecular weight is 575 g/mol. The zero-order chi connectivity index (χ0) is 30.3. The summed E-state index contributed by atoms with van der Waals surface area (Å²) in [5.74, 6) is 2.17. The maximum atomic E-state index is 13.1. The van der Waals surface area contributed by atoms with Crippen molar-refractivity contribution in [2.24, 2.45) is 50.2 Å². The second kappa shape index (κ2) is 9.87. The molecule has 4 fully saturated rings. The molecular weight excluding hydrogens is 516 g/mol. The summed E-state index contributed by atoms with van der Waals surface area (Å²) >= 11 is 0. The van der Waals surface area contributed by atoms with Crippen molar-refractivity contribution in [3.05, 3.63) is 41.5 Å². The number of benzene rings is 1. The Bertz CT molecular complexity index is 1240. The minimum Gasteiger partial charge on any atom is -0.508 e. The molecule has 0 amide bonds. The fourth-order valence-corrected chi connectivity index (χ4v) is 11.8. The summed E-state index contributed by atoms with van der Waals surface area (Å²) in [6.45, 7) is 20.5. The van der Waals surface area contributed by atoms with Gasteiger partial charge < -0.3 is 9.84 Å². The molecule has 4 saturated carbocycles. The number of aromatic hydroxyl groups is 1. The first kappa shape index (κ1) is 30.3. The molecule has 3 heteroatoms. The molecule has 1 aromatic carbocycles. The van der Waals surface area contributed by atoms with E-state index in [9.17, 15) is 9.90 Å². The fraction of sp³-hybridized carbons (Fsp3) is 0.769. The SMILES string of the molecule is CC1(C)CC[C@]2(C)CC[C@]3(C)C(=CC[C@@H]4[C@@]5(C)CC[C@H](OC(=O)CCc6ccc(O)cc6)C(C)(C)[C@@H]5CC[C@]43C)[C@H]2C1. The van der Waals surface area contributed by atoms with E-state index in [4.69, 9.17) is 4.74 Å². The number of carbonyl (C=O) groups is 1. The van der Waals surface area contributed by atoms with E-state index < -0.39 is 0 Å². The molecule has 5 aliphatic carbocycles. The van der Waals surface area contributed by atoms with Crippen LogP contribution < -0.4 is 0 Å². The fourth-order valence-electron chi connectivity index (χ4n) is 11.8. The standard InChI is InChI=1S/C39H58O3/c1-34(2)21-22-36(5)23-24-38(7)28(29(36)25-34)14-15-31-37(6)19-18-32(35(3,4)30(37)17-20-39(31,38)8)42-33(41)16-11-26-9-12-27(40)13-10-26/h9-10,12-14,29-32,40H,11,15-25H2,1-8H3/t29-,30+,31-,32+,36-,37+,38-,39-/m1/s1. The van der Waals surface area contributed by atoms with Crippen molar-refractivity contribution in [1.29, 1.82) is 0 Å². The third-order valence-electron chi connectivity index (χ3n) is 14.8. The molecular formula is C39H58O3. The number of aryl methyl sites for hydroxylation is 1. The van der Waals surface area contributed by atoms with Crippen molar-refractivity contribution in [3.63, 3.8) is 0 Å². The third kappa shape index (κ3) is 4.52. The predicted molar refractivity (Wildman–Crippen MR) is 171 cm³/mol. The Morgan fingerprint density at radius 1 is 0.857 bits per heavy atom. The van der Waals surface area contributed by atoms with E-state index in [-0.39, 0.29) is 28.7 Å². The maximum absolute atomic E-state index is 13.1. The van der Waals surface area contributed by atoms with Gasteiger partial charge in [-0.25, -0.2) is 0 Å². The molecule has 0 heterocycles. The van der Waals surface area contributed by atoms with E-state index in [1.807, 2.05) is 17.7 Å². The number of fused-ring (bicyclic) bond motifs is 7. The highest BCUT2D eigenvalue weighted by molar-refractivity contribution is 5.70. The number of rotatable bonds is 4. The van der Waals surface area contributed by atoms with E-state index in [1.165, 1.54) is 51.4 Å². The van der Waals surface area contributed by atoms with Crippen LogP contribution in [0.1, 0.15) is 132 Å². The van der Waals surface area contributed by atoms with E-state index in [1.54, 1.807) is 12.1 Å². The smallest absolute Gasteiger partial charge is 0.306 e. The van der Waals surface area contributed by atoms with Crippen LogP contribution in [-0.4, -0.2) is 17.2 Å². The zero-order valence-electron chi connectivity index (χ0n) is 27.9. The summed E-state index contributed by atoms with van der Waals surface area (Å²) < 4.78 is 6.30. The van der Waals surface area contributed by atoms with Crippen molar-refractivity contribution >= 4 is 5.97 Å². The van der Waals surface area contributed by atoms with Gasteiger partial charge >= 0.3 is 5.97 Å². The lowest BCUT2D eigenvalue weighted by Crippen LogP contribution is -2.64. The van der Waals surface area contributed by atoms with Gasteiger partial charge in [0.25, 0.3) is 0 Å². The van der Waals surface area contributed by atoms with Crippen LogP contribution in [0.3, 0.4) is 0 Å². The maximum Gasteiger partial charge on any atom is 0.306 e. The first-order valence-electron chi connectivity index (χ1n) is 17.2. The first-order valence-corrected chi connectivity index (χ1v) is 17.2.